The van der Waals surface area contributed by atoms with Crippen molar-refractivity contribution in [3.63, 3.8) is 0 Å². The van der Waals surface area contributed by atoms with Gasteiger partial charge in [0.1, 0.15) is 23.4 Å². The lowest BCUT2D eigenvalue weighted by atomic mass is 9.69. The topological polar surface area (TPSA) is 53.7 Å². The van der Waals surface area contributed by atoms with E-state index in [2.05, 4.69) is 22.0 Å². The van der Waals surface area contributed by atoms with E-state index in [1.165, 1.54) is 19.3 Å². The molecule has 0 spiro atoms. The lowest BCUT2D eigenvalue weighted by molar-refractivity contribution is 0.168. The van der Waals surface area contributed by atoms with E-state index in [1.54, 1.807) is 7.11 Å². The molecule has 0 unspecified atom stereocenters. The number of rotatable bonds is 3. The monoisotopic (exact) mass is 355 g/mol. The smallest absolute Gasteiger partial charge is 0.179 e. The quantitative estimate of drug-likeness (QED) is 0.902. The third kappa shape index (κ3) is 2.50. The van der Waals surface area contributed by atoms with Crippen molar-refractivity contribution in [3.8, 4) is 17.2 Å². The number of hydrogen-bond acceptors (Lipinski definition) is 4. The molecule has 2 aliphatic rings. The first-order valence-corrected chi connectivity index (χ1v) is 8.38. The number of benzene rings is 1. The van der Waals surface area contributed by atoms with Crippen LogP contribution in [-0.2, 0) is 5.41 Å². The van der Waals surface area contributed by atoms with Crippen molar-refractivity contribution in [3.05, 3.63) is 16.1 Å². The lowest BCUT2D eigenvalue weighted by Crippen LogP contribution is -2.37. The SMILES string of the molecule is COc1c(C2(CN)CCCCC2)cc2c(c1Br)OCCO2. The van der Waals surface area contributed by atoms with E-state index in [4.69, 9.17) is 19.9 Å². The Kier molecular flexibility index (Phi) is 4.31. The number of nitrogens with two attached hydrogens (primary N) is 1. The molecular weight excluding hydrogens is 334 g/mol. The van der Waals surface area contributed by atoms with E-state index in [0.29, 0.717) is 19.8 Å². The largest absolute Gasteiger partial charge is 0.495 e. The first kappa shape index (κ1) is 15.0. The summed E-state index contributed by atoms with van der Waals surface area (Å²) >= 11 is 3.63. The molecule has 0 bridgehead atoms. The Bertz CT molecular complexity index is 527. The highest BCUT2D eigenvalue weighted by Crippen LogP contribution is 2.51. The third-order valence-electron chi connectivity index (χ3n) is 4.71. The number of hydrogen-bond donors (Lipinski definition) is 1. The maximum atomic E-state index is 6.18. The fraction of sp³-hybridized carbons (Fsp3) is 0.625. The van der Waals surface area contributed by atoms with Crippen LogP contribution in [0.5, 0.6) is 17.2 Å². The summed E-state index contributed by atoms with van der Waals surface area (Å²) in [6.07, 6.45) is 5.92. The van der Waals surface area contributed by atoms with E-state index in [9.17, 15) is 0 Å². The van der Waals surface area contributed by atoms with Gasteiger partial charge in [0.15, 0.2) is 11.5 Å². The molecule has 21 heavy (non-hydrogen) atoms. The van der Waals surface area contributed by atoms with E-state index in [-0.39, 0.29) is 5.41 Å². The van der Waals surface area contributed by atoms with Crippen molar-refractivity contribution in [2.45, 2.75) is 37.5 Å². The fourth-order valence-electron chi connectivity index (χ4n) is 3.53. The van der Waals surface area contributed by atoms with Gasteiger partial charge in [0, 0.05) is 17.5 Å². The van der Waals surface area contributed by atoms with Crippen LogP contribution in [0.25, 0.3) is 0 Å². The zero-order valence-corrected chi connectivity index (χ0v) is 14.0. The van der Waals surface area contributed by atoms with Crippen molar-refractivity contribution in [1.82, 2.24) is 0 Å². The van der Waals surface area contributed by atoms with Crippen LogP contribution in [0.4, 0.5) is 0 Å². The Morgan fingerprint density at radius 1 is 1.24 bits per heavy atom. The van der Waals surface area contributed by atoms with Gasteiger partial charge in [0.2, 0.25) is 0 Å². The summed E-state index contributed by atoms with van der Waals surface area (Å²) < 4.78 is 18.0. The summed E-state index contributed by atoms with van der Waals surface area (Å²) in [6, 6.07) is 2.08. The molecule has 116 valence electrons. The zero-order valence-electron chi connectivity index (χ0n) is 12.4. The first-order chi connectivity index (χ1) is 10.2. The molecule has 1 aromatic carbocycles. The molecule has 1 aliphatic carbocycles. The van der Waals surface area contributed by atoms with Crippen LogP contribution in [0.2, 0.25) is 0 Å². The molecule has 2 N–H and O–H groups in total. The molecule has 0 amide bonds. The molecule has 3 rings (SSSR count). The van der Waals surface area contributed by atoms with Gasteiger partial charge in [-0.1, -0.05) is 19.3 Å². The van der Waals surface area contributed by atoms with E-state index in [1.807, 2.05) is 0 Å². The van der Waals surface area contributed by atoms with Gasteiger partial charge in [0.25, 0.3) is 0 Å². The molecule has 1 saturated carbocycles. The first-order valence-electron chi connectivity index (χ1n) is 7.58. The molecule has 0 saturated heterocycles. The van der Waals surface area contributed by atoms with E-state index in [0.717, 1.165) is 40.1 Å². The average Bonchev–Trinajstić information content (AvgIpc) is 2.55. The van der Waals surface area contributed by atoms with Crippen LogP contribution in [0.3, 0.4) is 0 Å². The third-order valence-corrected chi connectivity index (χ3v) is 5.43. The highest BCUT2D eigenvalue weighted by molar-refractivity contribution is 9.10. The second kappa shape index (κ2) is 6.05. The van der Waals surface area contributed by atoms with Gasteiger partial charge in [-0.15, -0.1) is 0 Å². The van der Waals surface area contributed by atoms with Crippen LogP contribution in [0.15, 0.2) is 10.5 Å². The van der Waals surface area contributed by atoms with Crippen LogP contribution in [-0.4, -0.2) is 26.9 Å². The Balaban J connectivity index is 2.14. The molecule has 5 heteroatoms. The van der Waals surface area contributed by atoms with Gasteiger partial charge < -0.3 is 19.9 Å². The van der Waals surface area contributed by atoms with Crippen LogP contribution < -0.4 is 19.9 Å². The van der Waals surface area contributed by atoms with E-state index < -0.39 is 0 Å². The maximum Gasteiger partial charge on any atom is 0.179 e. The number of ether oxygens (including phenoxy) is 3. The summed E-state index contributed by atoms with van der Waals surface area (Å²) in [6.45, 7) is 1.78. The molecule has 1 aliphatic heterocycles. The molecule has 1 aromatic rings. The predicted octanol–water partition coefficient (Wildman–Crippen LogP) is 3.39. The number of halogens is 1. The maximum absolute atomic E-state index is 6.18. The predicted molar refractivity (Wildman–Crippen MR) is 85.5 cm³/mol. The minimum absolute atomic E-state index is 0.0120. The molecular formula is C16H22BrNO3. The van der Waals surface area contributed by atoms with Crippen LogP contribution >= 0.6 is 15.9 Å². The molecule has 0 atom stereocenters. The standard InChI is InChI=1S/C16H22BrNO3/c1-19-14-11(16(10-18)5-3-2-4-6-16)9-12-15(13(14)17)21-8-7-20-12/h9H,2-8,10,18H2,1H3. The van der Waals surface area contributed by atoms with Crippen molar-refractivity contribution in [1.29, 1.82) is 0 Å². The van der Waals surface area contributed by atoms with Crippen molar-refractivity contribution in [2.75, 3.05) is 26.9 Å². The van der Waals surface area contributed by atoms with Gasteiger partial charge in [-0.05, 0) is 34.8 Å². The van der Waals surface area contributed by atoms with Gasteiger partial charge in [0.05, 0.1) is 7.11 Å². The number of fused-ring (bicyclic) bond motifs is 1. The second-order valence-electron chi connectivity index (χ2n) is 5.84. The molecule has 0 aromatic heterocycles. The molecule has 1 heterocycles. The average molecular weight is 356 g/mol. The molecule has 1 fully saturated rings. The summed E-state index contributed by atoms with van der Waals surface area (Å²) in [7, 11) is 1.70. The zero-order chi connectivity index (χ0) is 14.9. The second-order valence-corrected chi connectivity index (χ2v) is 6.63. The van der Waals surface area contributed by atoms with E-state index >= 15 is 0 Å². The Hall–Kier alpha value is -0.940. The van der Waals surface area contributed by atoms with Gasteiger partial charge in [-0.25, -0.2) is 0 Å². The minimum Gasteiger partial charge on any atom is -0.495 e. The number of methoxy groups -OCH3 is 1. The Labute approximate surface area is 134 Å². The van der Waals surface area contributed by atoms with Crippen molar-refractivity contribution >= 4 is 15.9 Å². The molecule has 0 radical (unpaired) electrons. The van der Waals surface area contributed by atoms with Gasteiger partial charge in [-0.3, -0.25) is 0 Å². The fourth-order valence-corrected chi connectivity index (χ4v) is 4.22. The van der Waals surface area contributed by atoms with Gasteiger partial charge in [-0.2, -0.15) is 0 Å². The summed E-state index contributed by atoms with van der Waals surface area (Å²) in [5.74, 6) is 2.37. The Morgan fingerprint density at radius 3 is 2.62 bits per heavy atom. The molecule has 4 nitrogen and oxygen atoms in total. The van der Waals surface area contributed by atoms with Crippen LogP contribution in [0, 0.1) is 0 Å². The Morgan fingerprint density at radius 2 is 1.95 bits per heavy atom. The highest BCUT2D eigenvalue weighted by atomic mass is 79.9. The van der Waals surface area contributed by atoms with Crippen molar-refractivity contribution in [2.24, 2.45) is 5.73 Å². The van der Waals surface area contributed by atoms with Gasteiger partial charge >= 0.3 is 0 Å². The highest BCUT2D eigenvalue weighted by Gasteiger charge is 2.37. The summed E-state index contributed by atoms with van der Waals surface area (Å²) in [5, 5.41) is 0. The minimum atomic E-state index is -0.0120. The van der Waals surface area contributed by atoms with Crippen molar-refractivity contribution < 1.29 is 14.2 Å². The summed E-state index contributed by atoms with van der Waals surface area (Å²) in [4.78, 5) is 0. The van der Waals surface area contributed by atoms with Crippen LogP contribution in [0.1, 0.15) is 37.7 Å². The lowest BCUT2D eigenvalue weighted by Gasteiger charge is -2.38. The normalized spacial score (nSPS) is 20.1. The summed E-state index contributed by atoms with van der Waals surface area (Å²) in [5.41, 5.74) is 7.32.